The number of carbonyl (C=O) groups is 1. The summed E-state index contributed by atoms with van der Waals surface area (Å²) in [7, 11) is 0. The topological polar surface area (TPSA) is 38.3 Å². The lowest BCUT2D eigenvalue weighted by Crippen LogP contribution is -2.18. The number of aryl methyl sites for hydroxylation is 1. The van der Waals surface area contributed by atoms with E-state index in [1.807, 2.05) is 49.4 Å². The molecule has 0 saturated heterocycles. The third kappa shape index (κ3) is 4.37. The molecule has 0 fully saturated rings. The second-order valence-corrected chi connectivity index (χ2v) is 4.91. The Kier molecular flexibility index (Phi) is 5.16. The van der Waals surface area contributed by atoms with Gasteiger partial charge in [-0.15, -0.1) is 0 Å². The summed E-state index contributed by atoms with van der Waals surface area (Å²) in [6.07, 6.45) is 0. The van der Waals surface area contributed by atoms with Crippen LogP contribution in [0.1, 0.15) is 11.1 Å². The molecular formula is C16H16ClNO2. The van der Waals surface area contributed by atoms with E-state index < -0.39 is 0 Å². The highest BCUT2D eigenvalue weighted by Gasteiger charge is 2.04. The molecule has 2 aromatic carbocycles. The molecule has 0 bridgehead atoms. The Morgan fingerprint density at radius 1 is 1.20 bits per heavy atom. The fraction of sp³-hybridized carbons (Fsp3) is 0.188. The van der Waals surface area contributed by atoms with Crippen molar-refractivity contribution in [3.63, 3.8) is 0 Å². The molecule has 0 heterocycles. The molecule has 2 rings (SSSR count). The van der Waals surface area contributed by atoms with E-state index in [1.54, 1.807) is 6.07 Å². The Balaban J connectivity index is 1.80. The zero-order chi connectivity index (χ0) is 14.4. The van der Waals surface area contributed by atoms with Crippen LogP contribution in [0, 0.1) is 6.92 Å². The zero-order valence-corrected chi connectivity index (χ0v) is 12.0. The zero-order valence-electron chi connectivity index (χ0n) is 11.2. The molecule has 0 unspecified atom stereocenters. The summed E-state index contributed by atoms with van der Waals surface area (Å²) in [5.74, 6) is -0.178. The first-order valence-corrected chi connectivity index (χ1v) is 6.70. The van der Waals surface area contributed by atoms with Gasteiger partial charge in [0.2, 0.25) is 5.91 Å². The lowest BCUT2D eigenvalue weighted by Gasteiger charge is -2.08. The van der Waals surface area contributed by atoms with Crippen molar-refractivity contribution in [2.45, 2.75) is 13.5 Å². The van der Waals surface area contributed by atoms with Crippen molar-refractivity contribution >= 4 is 23.2 Å². The van der Waals surface area contributed by atoms with Crippen LogP contribution in [0.25, 0.3) is 0 Å². The van der Waals surface area contributed by atoms with Crippen LogP contribution in [0.2, 0.25) is 5.02 Å². The number of benzene rings is 2. The van der Waals surface area contributed by atoms with Crippen molar-refractivity contribution < 1.29 is 9.53 Å². The second kappa shape index (κ2) is 7.08. The first-order valence-electron chi connectivity index (χ1n) is 6.33. The fourth-order valence-corrected chi connectivity index (χ4v) is 1.98. The van der Waals surface area contributed by atoms with Gasteiger partial charge in [-0.05, 0) is 36.2 Å². The molecule has 3 nitrogen and oxygen atoms in total. The number of hydrogen-bond acceptors (Lipinski definition) is 2. The van der Waals surface area contributed by atoms with E-state index in [2.05, 4.69) is 5.32 Å². The molecule has 1 N–H and O–H groups in total. The van der Waals surface area contributed by atoms with Crippen LogP contribution < -0.4 is 5.32 Å². The van der Waals surface area contributed by atoms with Crippen LogP contribution in [0.5, 0.6) is 0 Å². The number of anilines is 1. The summed E-state index contributed by atoms with van der Waals surface area (Å²) in [4.78, 5) is 11.7. The highest BCUT2D eigenvalue weighted by Crippen LogP contribution is 2.15. The van der Waals surface area contributed by atoms with E-state index in [4.69, 9.17) is 16.3 Å². The van der Waals surface area contributed by atoms with Gasteiger partial charge in [0.15, 0.2) is 0 Å². The molecule has 4 heteroatoms. The van der Waals surface area contributed by atoms with Gasteiger partial charge in [-0.2, -0.15) is 0 Å². The average molecular weight is 290 g/mol. The molecule has 104 valence electrons. The first-order chi connectivity index (χ1) is 9.65. The second-order valence-electron chi connectivity index (χ2n) is 4.50. The quantitative estimate of drug-likeness (QED) is 0.909. The summed E-state index contributed by atoms with van der Waals surface area (Å²) < 4.78 is 5.37. The van der Waals surface area contributed by atoms with Crippen LogP contribution >= 0.6 is 11.6 Å². The number of carbonyl (C=O) groups excluding carboxylic acids is 1. The number of nitrogens with one attached hydrogen (secondary N) is 1. The van der Waals surface area contributed by atoms with E-state index in [0.29, 0.717) is 11.6 Å². The van der Waals surface area contributed by atoms with Gasteiger partial charge in [0, 0.05) is 10.7 Å². The lowest BCUT2D eigenvalue weighted by atomic mass is 10.2. The largest absolute Gasteiger partial charge is 0.367 e. The minimum atomic E-state index is -0.178. The average Bonchev–Trinajstić information content (AvgIpc) is 2.41. The van der Waals surface area contributed by atoms with Crippen LogP contribution in [0.4, 0.5) is 5.69 Å². The molecule has 0 aliphatic rings. The standard InChI is InChI=1S/C16H16ClNO2/c1-12-5-4-7-14(9-12)18-16(19)11-20-10-13-6-2-3-8-15(13)17/h2-9H,10-11H2,1H3,(H,18,19). The summed E-state index contributed by atoms with van der Waals surface area (Å²) in [5, 5.41) is 3.43. The van der Waals surface area contributed by atoms with Gasteiger partial charge in [-0.25, -0.2) is 0 Å². The monoisotopic (exact) mass is 289 g/mol. The molecule has 0 aromatic heterocycles. The van der Waals surface area contributed by atoms with Crippen molar-refractivity contribution in [1.82, 2.24) is 0 Å². The first kappa shape index (κ1) is 14.6. The van der Waals surface area contributed by atoms with Crippen molar-refractivity contribution in [3.8, 4) is 0 Å². The van der Waals surface area contributed by atoms with E-state index in [-0.39, 0.29) is 12.5 Å². The number of hydrogen-bond donors (Lipinski definition) is 1. The molecule has 20 heavy (non-hydrogen) atoms. The Bertz CT molecular complexity index is 599. The lowest BCUT2D eigenvalue weighted by molar-refractivity contribution is -0.121. The Morgan fingerprint density at radius 3 is 2.75 bits per heavy atom. The molecule has 0 aliphatic carbocycles. The van der Waals surface area contributed by atoms with Crippen LogP contribution in [-0.2, 0) is 16.1 Å². The number of amides is 1. The molecule has 0 aliphatic heterocycles. The Labute approximate surface area is 123 Å². The Hall–Kier alpha value is -1.84. The molecule has 0 atom stereocenters. The van der Waals surface area contributed by atoms with Gasteiger partial charge in [-0.1, -0.05) is 41.9 Å². The predicted octanol–water partition coefficient (Wildman–Crippen LogP) is 3.80. The third-order valence-electron chi connectivity index (χ3n) is 2.75. The predicted molar refractivity (Wildman–Crippen MR) is 80.9 cm³/mol. The van der Waals surface area contributed by atoms with Crippen LogP contribution in [0.15, 0.2) is 48.5 Å². The van der Waals surface area contributed by atoms with E-state index in [1.165, 1.54) is 0 Å². The van der Waals surface area contributed by atoms with Crippen molar-refractivity contribution in [3.05, 3.63) is 64.7 Å². The maximum Gasteiger partial charge on any atom is 0.250 e. The third-order valence-corrected chi connectivity index (χ3v) is 3.12. The molecule has 0 saturated carbocycles. The van der Waals surface area contributed by atoms with Gasteiger partial charge in [0.05, 0.1) is 6.61 Å². The number of halogens is 1. The highest BCUT2D eigenvalue weighted by atomic mass is 35.5. The smallest absolute Gasteiger partial charge is 0.250 e. The van der Waals surface area contributed by atoms with Gasteiger partial charge in [-0.3, -0.25) is 4.79 Å². The van der Waals surface area contributed by atoms with Gasteiger partial charge in [0.25, 0.3) is 0 Å². The molecule has 0 radical (unpaired) electrons. The maximum absolute atomic E-state index is 11.7. The number of rotatable bonds is 5. The van der Waals surface area contributed by atoms with Crippen molar-refractivity contribution in [2.75, 3.05) is 11.9 Å². The van der Waals surface area contributed by atoms with E-state index in [9.17, 15) is 4.79 Å². The normalized spacial score (nSPS) is 10.3. The van der Waals surface area contributed by atoms with E-state index >= 15 is 0 Å². The van der Waals surface area contributed by atoms with Crippen LogP contribution in [-0.4, -0.2) is 12.5 Å². The molecule has 2 aromatic rings. The minimum absolute atomic E-state index is 0.000828. The molecular weight excluding hydrogens is 274 g/mol. The number of ether oxygens (including phenoxy) is 1. The summed E-state index contributed by atoms with van der Waals surface area (Å²) >= 11 is 6.01. The maximum atomic E-state index is 11.7. The fourth-order valence-electron chi connectivity index (χ4n) is 1.79. The van der Waals surface area contributed by atoms with Crippen molar-refractivity contribution in [1.29, 1.82) is 0 Å². The van der Waals surface area contributed by atoms with Gasteiger partial charge < -0.3 is 10.1 Å². The summed E-state index contributed by atoms with van der Waals surface area (Å²) in [6, 6.07) is 15.0. The van der Waals surface area contributed by atoms with Crippen molar-refractivity contribution in [2.24, 2.45) is 0 Å². The summed E-state index contributed by atoms with van der Waals surface area (Å²) in [5.41, 5.74) is 2.74. The van der Waals surface area contributed by atoms with Crippen LogP contribution in [0.3, 0.4) is 0 Å². The van der Waals surface area contributed by atoms with E-state index in [0.717, 1.165) is 16.8 Å². The SMILES string of the molecule is Cc1cccc(NC(=O)COCc2ccccc2Cl)c1. The van der Waals surface area contributed by atoms with Gasteiger partial charge >= 0.3 is 0 Å². The van der Waals surface area contributed by atoms with Gasteiger partial charge in [0.1, 0.15) is 6.61 Å². The molecule has 1 amide bonds. The minimum Gasteiger partial charge on any atom is -0.367 e. The summed E-state index contributed by atoms with van der Waals surface area (Å²) in [6.45, 7) is 2.30. The highest BCUT2D eigenvalue weighted by molar-refractivity contribution is 6.31. The Morgan fingerprint density at radius 2 is 2.00 bits per heavy atom. The molecule has 0 spiro atoms.